The number of aryl methyl sites for hydroxylation is 1. The van der Waals surface area contributed by atoms with E-state index in [1.807, 2.05) is 4.90 Å². The highest BCUT2D eigenvalue weighted by Crippen LogP contribution is 2.10. The maximum atomic E-state index is 12.1. The summed E-state index contributed by atoms with van der Waals surface area (Å²) in [5.74, 6) is 0.241. The molecule has 1 heterocycles. The van der Waals surface area contributed by atoms with E-state index in [1.165, 1.54) is 5.56 Å². The molecule has 0 bridgehead atoms. The molecule has 2 amide bonds. The van der Waals surface area contributed by atoms with E-state index in [2.05, 4.69) is 36.5 Å². The predicted molar refractivity (Wildman–Crippen MR) is 87.8 cm³/mol. The summed E-state index contributed by atoms with van der Waals surface area (Å²) in [7, 11) is 0. The highest BCUT2D eigenvalue weighted by atomic mass is 16.2. The molecule has 0 radical (unpaired) electrons. The Kier molecular flexibility index (Phi) is 5.81. The van der Waals surface area contributed by atoms with Gasteiger partial charge in [0.2, 0.25) is 11.8 Å². The number of nitrogens with one attached hydrogen (secondary N) is 1. The van der Waals surface area contributed by atoms with Crippen LogP contribution in [0.15, 0.2) is 24.3 Å². The van der Waals surface area contributed by atoms with E-state index in [1.54, 1.807) is 11.8 Å². The highest BCUT2D eigenvalue weighted by molar-refractivity contribution is 5.78. The molecular weight excluding hydrogens is 278 g/mol. The number of carbonyl (C=O) groups is 2. The number of rotatable bonds is 5. The van der Waals surface area contributed by atoms with Gasteiger partial charge in [0, 0.05) is 51.8 Å². The summed E-state index contributed by atoms with van der Waals surface area (Å²) in [4.78, 5) is 27.0. The van der Waals surface area contributed by atoms with Gasteiger partial charge in [0.15, 0.2) is 0 Å². The van der Waals surface area contributed by atoms with Gasteiger partial charge in [-0.25, -0.2) is 0 Å². The molecular formula is C17H25N3O2. The van der Waals surface area contributed by atoms with Crippen LogP contribution >= 0.6 is 0 Å². The maximum Gasteiger partial charge on any atom is 0.224 e. The molecule has 22 heavy (non-hydrogen) atoms. The lowest BCUT2D eigenvalue weighted by atomic mass is 10.1. The summed E-state index contributed by atoms with van der Waals surface area (Å²) in [6.07, 6.45) is 1.51. The molecule has 1 N–H and O–H groups in total. The zero-order chi connectivity index (χ0) is 15.9. The fourth-order valence-corrected chi connectivity index (χ4v) is 2.60. The molecule has 0 aliphatic carbocycles. The Morgan fingerprint density at radius 2 is 1.64 bits per heavy atom. The lowest BCUT2D eigenvalue weighted by Crippen LogP contribution is -2.50. The number of piperazine rings is 1. The van der Waals surface area contributed by atoms with Gasteiger partial charge in [0.1, 0.15) is 0 Å². The van der Waals surface area contributed by atoms with Crippen molar-refractivity contribution < 1.29 is 9.59 Å². The van der Waals surface area contributed by atoms with Crippen molar-refractivity contribution in [1.82, 2.24) is 9.80 Å². The first kappa shape index (κ1) is 16.3. The molecule has 0 atom stereocenters. The van der Waals surface area contributed by atoms with Gasteiger partial charge in [0.25, 0.3) is 0 Å². The summed E-state index contributed by atoms with van der Waals surface area (Å²) in [5, 5.41) is 3.28. The second kappa shape index (κ2) is 7.82. The smallest absolute Gasteiger partial charge is 0.224 e. The first-order chi connectivity index (χ1) is 10.6. The molecule has 1 aliphatic rings. The van der Waals surface area contributed by atoms with Crippen LogP contribution in [0.5, 0.6) is 0 Å². The Hall–Kier alpha value is -2.04. The topological polar surface area (TPSA) is 52.7 Å². The van der Waals surface area contributed by atoms with Crippen molar-refractivity contribution in [1.29, 1.82) is 0 Å². The summed E-state index contributed by atoms with van der Waals surface area (Å²) in [6.45, 7) is 6.92. The standard InChI is InChI=1S/C17H25N3O2/c1-3-15-4-6-16(7-5-15)18-9-8-17(22)20-12-10-19(11-13-20)14(2)21/h4-7,18H,3,8-13H2,1-2H3. The fraction of sp³-hybridized carbons (Fsp3) is 0.529. The van der Waals surface area contributed by atoms with Gasteiger partial charge >= 0.3 is 0 Å². The molecule has 1 saturated heterocycles. The average Bonchev–Trinajstić information content (AvgIpc) is 2.55. The number of hydrogen-bond acceptors (Lipinski definition) is 3. The molecule has 5 nitrogen and oxygen atoms in total. The molecule has 120 valence electrons. The van der Waals surface area contributed by atoms with Gasteiger partial charge in [-0.3, -0.25) is 9.59 Å². The van der Waals surface area contributed by atoms with Crippen LogP contribution in [0, 0.1) is 0 Å². The SMILES string of the molecule is CCc1ccc(NCCC(=O)N2CCN(C(C)=O)CC2)cc1. The Bertz CT molecular complexity index is 505. The van der Waals surface area contributed by atoms with Crippen molar-refractivity contribution in [2.75, 3.05) is 38.0 Å². The number of hydrogen-bond donors (Lipinski definition) is 1. The van der Waals surface area contributed by atoms with E-state index in [9.17, 15) is 9.59 Å². The quantitative estimate of drug-likeness (QED) is 0.901. The summed E-state index contributed by atoms with van der Waals surface area (Å²) in [6, 6.07) is 8.31. The third kappa shape index (κ3) is 4.48. The highest BCUT2D eigenvalue weighted by Gasteiger charge is 2.21. The van der Waals surface area contributed by atoms with Crippen molar-refractivity contribution in [2.24, 2.45) is 0 Å². The van der Waals surface area contributed by atoms with Crippen molar-refractivity contribution >= 4 is 17.5 Å². The molecule has 1 fully saturated rings. The minimum atomic E-state index is 0.0873. The van der Waals surface area contributed by atoms with Crippen LogP contribution in [0.4, 0.5) is 5.69 Å². The predicted octanol–water partition coefficient (Wildman–Crippen LogP) is 1.74. The summed E-state index contributed by atoms with van der Waals surface area (Å²) in [5.41, 5.74) is 2.36. The van der Waals surface area contributed by atoms with Gasteiger partial charge in [-0.2, -0.15) is 0 Å². The third-order valence-corrected chi connectivity index (χ3v) is 4.11. The minimum Gasteiger partial charge on any atom is -0.385 e. The Labute approximate surface area is 132 Å². The molecule has 1 aromatic carbocycles. The second-order valence-corrected chi connectivity index (χ2v) is 5.61. The second-order valence-electron chi connectivity index (χ2n) is 5.61. The van der Waals surface area contributed by atoms with Crippen LogP contribution in [0.3, 0.4) is 0 Å². The van der Waals surface area contributed by atoms with E-state index >= 15 is 0 Å². The van der Waals surface area contributed by atoms with Crippen LogP contribution in [0.2, 0.25) is 0 Å². The molecule has 0 aromatic heterocycles. The number of benzene rings is 1. The average molecular weight is 303 g/mol. The van der Waals surface area contributed by atoms with E-state index in [-0.39, 0.29) is 11.8 Å². The van der Waals surface area contributed by atoms with Gasteiger partial charge < -0.3 is 15.1 Å². The van der Waals surface area contributed by atoms with E-state index in [0.29, 0.717) is 39.1 Å². The van der Waals surface area contributed by atoms with E-state index < -0.39 is 0 Å². The normalized spacial score (nSPS) is 14.8. The van der Waals surface area contributed by atoms with Gasteiger partial charge in [-0.15, -0.1) is 0 Å². The molecule has 0 saturated carbocycles. The molecule has 5 heteroatoms. The van der Waals surface area contributed by atoms with Crippen molar-refractivity contribution in [3.05, 3.63) is 29.8 Å². The fourth-order valence-electron chi connectivity index (χ4n) is 2.60. The molecule has 0 unspecified atom stereocenters. The van der Waals surface area contributed by atoms with Crippen molar-refractivity contribution in [3.8, 4) is 0 Å². The molecule has 1 aliphatic heterocycles. The Morgan fingerprint density at radius 3 is 2.18 bits per heavy atom. The summed E-state index contributed by atoms with van der Waals surface area (Å²) >= 11 is 0. The van der Waals surface area contributed by atoms with Crippen LogP contribution in [0.1, 0.15) is 25.8 Å². The van der Waals surface area contributed by atoms with E-state index in [4.69, 9.17) is 0 Å². The Morgan fingerprint density at radius 1 is 1.05 bits per heavy atom. The van der Waals surface area contributed by atoms with Crippen molar-refractivity contribution in [3.63, 3.8) is 0 Å². The number of nitrogens with zero attached hydrogens (tertiary/aromatic N) is 2. The maximum absolute atomic E-state index is 12.1. The molecule has 1 aromatic rings. The van der Waals surface area contributed by atoms with Crippen molar-refractivity contribution in [2.45, 2.75) is 26.7 Å². The van der Waals surface area contributed by atoms with Crippen LogP contribution in [-0.2, 0) is 16.0 Å². The van der Waals surface area contributed by atoms with Gasteiger partial charge in [0.05, 0.1) is 0 Å². The zero-order valence-electron chi connectivity index (χ0n) is 13.5. The molecule has 0 spiro atoms. The first-order valence-electron chi connectivity index (χ1n) is 7.96. The van der Waals surface area contributed by atoms with Gasteiger partial charge in [-0.1, -0.05) is 19.1 Å². The first-order valence-corrected chi connectivity index (χ1v) is 7.96. The number of amides is 2. The Balaban J connectivity index is 1.70. The van der Waals surface area contributed by atoms with Crippen LogP contribution in [-0.4, -0.2) is 54.3 Å². The molecule has 2 rings (SSSR count). The minimum absolute atomic E-state index is 0.0873. The number of carbonyl (C=O) groups excluding carboxylic acids is 2. The summed E-state index contributed by atoms with van der Waals surface area (Å²) < 4.78 is 0. The largest absolute Gasteiger partial charge is 0.385 e. The third-order valence-electron chi connectivity index (χ3n) is 4.11. The van der Waals surface area contributed by atoms with Gasteiger partial charge in [-0.05, 0) is 24.1 Å². The monoisotopic (exact) mass is 303 g/mol. The van der Waals surface area contributed by atoms with Crippen LogP contribution < -0.4 is 5.32 Å². The lowest BCUT2D eigenvalue weighted by Gasteiger charge is -2.34. The van der Waals surface area contributed by atoms with E-state index in [0.717, 1.165) is 12.1 Å². The number of anilines is 1. The van der Waals surface area contributed by atoms with Crippen LogP contribution in [0.25, 0.3) is 0 Å². The lowest BCUT2D eigenvalue weighted by molar-refractivity contribution is -0.138. The zero-order valence-corrected chi connectivity index (χ0v) is 13.5.